The maximum absolute atomic E-state index is 12.5. The van der Waals surface area contributed by atoms with Crippen LogP contribution in [0.2, 0.25) is 10.0 Å². The SMILES string of the molecule is O=C1C(C(F)(F)F)CNN1c1cc(Cl)cc(Cl)c1. The molecule has 3 nitrogen and oxygen atoms in total. The van der Waals surface area contributed by atoms with Crippen LogP contribution in [0.3, 0.4) is 0 Å². The van der Waals surface area contributed by atoms with Crippen LogP contribution in [0.25, 0.3) is 0 Å². The van der Waals surface area contributed by atoms with Gasteiger partial charge < -0.3 is 0 Å². The van der Waals surface area contributed by atoms with Gasteiger partial charge in [0.25, 0.3) is 5.91 Å². The van der Waals surface area contributed by atoms with Crippen molar-refractivity contribution in [3.8, 4) is 0 Å². The zero-order chi connectivity index (χ0) is 13.5. The van der Waals surface area contributed by atoms with Crippen molar-refractivity contribution in [1.29, 1.82) is 0 Å². The lowest BCUT2D eigenvalue weighted by Gasteiger charge is -2.17. The predicted molar refractivity (Wildman–Crippen MR) is 61.5 cm³/mol. The van der Waals surface area contributed by atoms with Crippen molar-refractivity contribution < 1.29 is 18.0 Å². The minimum Gasteiger partial charge on any atom is -0.272 e. The molecule has 0 saturated carbocycles. The third-order valence-corrected chi connectivity index (χ3v) is 2.91. The van der Waals surface area contributed by atoms with Crippen LogP contribution in [0.4, 0.5) is 18.9 Å². The molecule has 1 aromatic carbocycles. The van der Waals surface area contributed by atoms with Crippen LogP contribution in [0, 0.1) is 5.92 Å². The van der Waals surface area contributed by atoms with Crippen molar-refractivity contribution in [3.05, 3.63) is 28.2 Å². The molecule has 98 valence electrons. The number of hydrazine groups is 1. The smallest absolute Gasteiger partial charge is 0.272 e. The van der Waals surface area contributed by atoms with Gasteiger partial charge in [-0.1, -0.05) is 23.2 Å². The van der Waals surface area contributed by atoms with Crippen molar-refractivity contribution in [3.63, 3.8) is 0 Å². The standard InChI is InChI=1S/C10H7Cl2F3N2O/c11-5-1-6(12)3-7(2-5)17-9(18)8(4-16-17)10(13,14)15/h1-3,8,16H,4H2. The Morgan fingerprint density at radius 1 is 1.22 bits per heavy atom. The molecule has 0 spiro atoms. The monoisotopic (exact) mass is 298 g/mol. The van der Waals surface area contributed by atoms with E-state index < -0.39 is 24.5 Å². The number of carbonyl (C=O) groups is 1. The Hall–Kier alpha value is -0.980. The van der Waals surface area contributed by atoms with Crippen LogP contribution in [0.15, 0.2) is 18.2 Å². The van der Waals surface area contributed by atoms with Gasteiger partial charge in [0.15, 0.2) is 0 Å². The molecule has 1 aliphatic rings. The van der Waals surface area contributed by atoms with Gasteiger partial charge in [0.05, 0.1) is 5.69 Å². The molecule has 0 aliphatic carbocycles. The first-order chi connectivity index (χ1) is 8.29. The molecule has 1 amide bonds. The van der Waals surface area contributed by atoms with E-state index in [1.807, 2.05) is 0 Å². The van der Waals surface area contributed by atoms with E-state index in [0.29, 0.717) is 0 Å². The minimum absolute atomic E-state index is 0.184. The van der Waals surface area contributed by atoms with Gasteiger partial charge in [-0.15, -0.1) is 0 Å². The van der Waals surface area contributed by atoms with Crippen molar-refractivity contribution >= 4 is 34.8 Å². The molecule has 2 rings (SSSR count). The second-order valence-corrected chi connectivity index (χ2v) is 4.63. The van der Waals surface area contributed by atoms with Crippen LogP contribution >= 0.6 is 23.2 Å². The van der Waals surface area contributed by atoms with E-state index in [9.17, 15) is 18.0 Å². The van der Waals surface area contributed by atoms with E-state index in [4.69, 9.17) is 23.2 Å². The van der Waals surface area contributed by atoms with Crippen molar-refractivity contribution in [2.75, 3.05) is 11.6 Å². The van der Waals surface area contributed by atoms with Crippen molar-refractivity contribution in [2.24, 2.45) is 5.92 Å². The molecule has 0 aromatic heterocycles. The molecule has 1 atom stereocenters. The Morgan fingerprint density at radius 3 is 2.22 bits per heavy atom. The third-order valence-electron chi connectivity index (χ3n) is 2.47. The van der Waals surface area contributed by atoms with Gasteiger partial charge in [0.1, 0.15) is 5.92 Å². The normalized spacial score (nSPS) is 20.6. The van der Waals surface area contributed by atoms with E-state index in [0.717, 1.165) is 5.01 Å². The zero-order valence-corrected chi connectivity index (χ0v) is 10.3. The summed E-state index contributed by atoms with van der Waals surface area (Å²) in [6.07, 6.45) is -4.57. The minimum atomic E-state index is -4.57. The lowest BCUT2D eigenvalue weighted by atomic mass is 10.1. The number of halogens is 5. The molecule has 1 unspecified atom stereocenters. The summed E-state index contributed by atoms with van der Waals surface area (Å²) in [5, 5.41) is 1.29. The van der Waals surface area contributed by atoms with Crippen LogP contribution in [0.5, 0.6) is 0 Å². The molecule has 1 heterocycles. The summed E-state index contributed by atoms with van der Waals surface area (Å²) in [5.74, 6) is -3.11. The molecule has 1 saturated heterocycles. The van der Waals surface area contributed by atoms with Crippen LogP contribution < -0.4 is 10.4 Å². The number of hydrogen-bond acceptors (Lipinski definition) is 2. The summed E-state index contributed by atoms with van der Waals surface area (Å²) < 4.78 is 37.6. The highest BCUT2D eigenvalue weighted by Crippen LogP contribution is 2.33. The summed E-state index contributed by atoms with van der Waals surface area (Å²) in [4.78, 5) is 11.6. The third kappa shape index (κ3) is 2.55. The number of carbonyl (C=O) groups excluding carboxylic acids is 1. The number of rotatable bonds is 1. The second kappa shape index (κ2) is 4.60. The fourth-order valence-electron chi connectivity index (χ4n) is 1.65. The maximum atomic E-state index is 12.5. The number of amides is 1. The lowest BCUT2D eigenvalue weighted by Crippen LogP contribution is -2.36. The number of hydrogen-bond donors (Lipinski definition) is 1. The topological polar surface area (TPSA) is 32.3 Å². The molecule has 1 N–H and O–H groups in total. The number of benzene rings is 1. The van der Waals surface area contributed by atoms with Crippen molar-refractivity contribution in [2.45, 2.75) is 6.18 Å². The summed E-state index contributed by atoms with van der Waals surface area (Å²) in [7, 11) is 0. The molecule has 1 fully saturated rings. The van der Waals surface area contributed by atoms with Crippen LogP contribution in [-0.4, -0.2) is 18.6 Å². The Balaban J connectivity index is 2.29. The first-order valence-corrected chi connectivity index (χ1v) is 5.65. The Morgan fingerprint density at radius 2 is 1.78 bits per heavy atom. The Labute approximate surface area is 110 Å². The van der Waals surface area contributed by atoms with Gasteiger partial charge in [0.2, 0.25) is 0 Å². The quantitative estimate of drug-likeness (QED) is 0.864. The van der Waals surface area contributed by atoms with Crippen molar-refractivity contribution in [1.82, 2.24) is 5.43 Å². The summed E-state index contributed by atoms with van der Waals surface area (Å²) in [6.45, 7) is -0.494. The molecule has 0 bridgehead atoms. The van der Waals surface area contributed by atoms with E-state index in [1.165, 1.54) is 18.2 Å². The molecule has 8 heteroatoms. The fraction of sp³-hybridized carbons (Fsp3) is 0.300. The van der Waals surface area contributed by atoms with E-state index in [2.05, 4.69) is 5.43 Å². The first-order valence-electron chi connectivity index (χ1n) is 4.89. The molecule has 1 aromatic rings. The molecule has 0 radical (unpaired) electrons. The number of nitrogens with one attached hydrogen (secondary N) is 1. The average molecular weight is 299 g/mol. The first kappa shape index (κ1) is 13.5. The maximum Gasteiger partial charge on any atom is 0.401 e. The molecule has 18 heavy (non-hydrogen) atoms. The van der Waals surface area contributed by atoms with Gasteiger partial charge in [0, 0.05) is 16.6 Å². The predicted octanol–water partition coefficient (Wildman–Crippen LogP) is 3.02. The second-order valence-electron chi connectivity index (χ2n) is 3.76. The summed E-state index contributed by atoms with van der Waals surface area (Å²) in [6, 6.07) is 4.14. The van der Waals surface area contributed by atoms with Crippen LogP contribution in [0.1, 0.15) is 0 Å². The van der Waals surface area contributed by atoms with Gasteiger partial charge in [-0.25, -0.2) is 10.4 Å². The van der Waals surface area contributed by atoms with E-state index in [-0.39, 0.29) is 15.7 Å². The highest BCUT2D eigenvalue weighted by Gasteiger charge is 2.50. The lowest BCUT2D eigenvalue weighted by molar-refractivity contribution is -0.174. The average Bonchev–Trinajstić information content (AvgIpc) is 2.57. The van der Waals surface area contributed by atoms with Gasteiger partial charge in [-0.3, -0.25) is 4.79 Å². The highest BCUT2D eigenvalue weighted by atomic mass is 35.5. The molecule has 1 aliphatic heterocycles. The van der Waals surface area contributed by atoms with Gasteiger partial charge in [-0.05, 0) is 18.2 Å². The number of nitrogens with zero attached hydrogens (tertiary/aromatic N) is 1. The number of anilines is 1. The van der Waals surface area contributed by atoms with E-state index >= 15 is 0 Å². The zero-order valence-electron chi connectivity index (χ0n) is 8.76. The Bertz CT molecular complexity index is 472. The summed E-state index contributed by atoms with van der Waals surface area (Å²) in [5.41, 5.74) is 2.56. The number of alkyl halides is 3. The van der Waals surface area contributed by atoms with E-state index in [1.54, 1.807) is 0 Å². The van der Waals surface area contributed by atoms with Gasteiger partial charge in [-0.2, -0.15) is 13.2 Å². The fourth-order valence-corrected chi connectivity index (χ4v) is 2.16. The van der Waals surface area contributed by atoms with Crippen LogP contribution in [-0.2, 0) is 4.79 Å². The highest BCUT2D eigenvalue weighted by molar-refractivity contribution is 6.35. The Kier molecular flexibility index (Phi) is 3.44. The largest absolute Gasteiger partial charge is 0.401 e. The molecular formula is C10H7Cl2F3N2O. The van der Waals surface area contributed by atoms with Gasteiger partial charge >= 0.3 is 6.18 Å². The molecular weight excluding hydrogens is 292 g/mol. The summed E-state index contributed by atoms with van der Waals surface area (Å²) >= 11 is 11.5.